The van der Waals surface area contributed by atoms with Gasteiger partial charge in [-0.2, -0.15) is 0 Å². The number of anilines is 1. The van der Waals surface area contributed by atoms with Crippen molar-refractivity contribution >= 4 is 29.1 Å². The van der Waals surface area contributed by atoms with Gasteiger partial charge >= 0.3 is 0 Å². The van der Waals surface area contributed by atoms with Crippen LogP contribution in [0.4, 0.5) is 5.69 Å². The third-order valence-corrected chi connectivity index (χ3v) is 4.33. The molecular weight excluding hydrogens is 368 g/mol. The van der Waals surface area contributed by atoms with E-state index in [2.05, 4.69) is 26.0 Å². The third kappa shape index (κ3) is 3.95. The zero-order valence-electron chi connectivity index (χ0n) is 14.1. The second-order valence-electron chi connectivity index (χ2n) is 6.13. The van der Waals surface area contributed by atoms with Crippen LogP contribution in [0.1, 0.15) is 33.8 Å². The Morgan fingerprint density at radius 2 is 1.78 bits per heavy atom. The van der Waals surface area contributed by atoms with E-state index in [0.717, 1.165) is 12.8 Å². The molecule has 1 saturated carbocycles. The fraction of sp³-hybridized carbons (Fsp3) is 0.167. The zero-order chi connectivity index (χ0) is 18.8. The Bertz CT molecular complexity index is 997. The molecule has 1 aromatic heterocycles. The molecule has 1 aliphatic carbocycles. The smallest absolute Gasteiger partial charge is 0.293 e. The van der Waals surface area contributed by atoms with Gasteiger partial charge in [-0.3, -0.25) is 9.59 Å². The van der Waals surface area contributed by atoms with Gasteiger partial charge < -0.3 is 10.6 Å². The molecule has 2 amide bonds. The predicted octanol–water partition coefficient (Wildman–Crippen LogP) is 2.46. The maximum Gasteiger partial charge on any atom is 0.293 e. The Morgan fingerprint density at radius 1 is 1.04 bits per heavy atom. The number of nitrogens with one attached hydrogen (secondary N) is 2. The van der Waals surface area contributed by atoms with Gasteiger partial charge in [0, 0.05) is 11.7 Å². The summed E-state index contributed by atoms with van der Waals surface area (Å²) in [6.07, 6.45) is 1.97. The highest BCUT2D eigenvalue weighted by Crippen LogP contribution is 2.19. The largest absolute Gasteiger partial charge is 0.346 e. The molecular formula is C18H15ClN6O2. The molecule has 1 aliphatic rings. The van der Waals surface area contributed by atoms with Crippen molar-refractivity contribution < 1.29 is 9.59 Å². The number of carbonyl (C=O) groups is 2. The number of nitrogens with zero attached hydrogens (tertiary/aromatic N) is 4. The highest BCUT2D eigenvalue weighted by Gasteiger charge is 2.25. The van der Waals surface area contributed by atoms with Crippen LogP contribution in [0.15, 0.2) is 48.5 Å². The van der Waals surface area contributed by atoms with E-state index in [1.807, 2.05) is 0 Å². The summed E-state index contributed by atoms with van der Waals surface area (Å²) >= 11 is 6.03. The van der Waals surface area contributed by atoms with Crippen LogP contribution in [0, 0.1) is 0 Å². The van der Waals surface area contributed by atoms with E-state index in [0.29, 0.717) is 22.0 Å². The van der Waals surface area contributed by atoms with Gasteiger partial charge in [-0.15, -0.1) is 15.0 Å². The van der Waals surface area contributed by atoms with Crippen LogP contribution in [0.5, 0.6) is 0 Å². The van der Waals surface area contributed by atoms with Crippen LogP contribution in [-0.4, -0.2) is 38.1 Å². The Labute approximate surface area is 159 Å². The first-order valence-corrected chi connectivity index (χ1v) is 8.75. The third-order valence-electron chi connectivity index (χ3n) is 4.00. The zero-order valence-corrected chi connectivity index (χ0v) is 14.8. The molecule has 1 fully saturated rings. The van der Waals surface area contributed by atoms with Crippen LogP contribution in [0.3, 0.4) is 0 Å². The summed E-state index contributed by atoms with van der Waals surface area (Å²) in [5.74, 6) is -0.600. The maximum absolute atomic E-state index is 12.3. The number of amides is 2. The number of carbonyl (C=O) groups excluding carboxylic acids is 2. The molecule has 136 valence electrons. The molecule has 0 unspecified atom stereocenters. The molecule has 9 heteroatoms. The van der Waals surface area contributed by atoms with Gasteiger partial charge in [0.25, 0.3) is 17.6 Å². The average molecular weight is 383 g/mol. The summed E-state index contributed by atoms with van der Waals surface area (Å²) in [7, 11) is 0. The van der Waals surface area contributed by atoms with Crippen molar-refractivity contribution in [3.05, 3.63) is 64.9 Å². The van der Waals surface area contributed by atoms with E-state index >= 15 is 0 Å². The number of halogens is 1. The van der Waals surface area contributed by atoms with Crippen molar-refractivity contribution in [3.63, 3.8) is 0 Å². The summed E-state index contributed by atoms with van der Waals surface area (Å²) in [5, 5.41) is 17.7. The lowest BCUT2D eigenvalue weighted by Crippen LogP contribution is -2.26. The monoisotopic (exact) mass is 382 g/mol. The maximum atomic E-state index is 12.3. The summed E-state index contributed by atoms with van der Waals surface area (Å²) < 4.78 is 0. The van der Waals surface area contributed by atoms with Crippen LogP contribution in [0.25, 0.3) is 5.69 Å². The highest BCUT2D eigenvalue weighted by molar-refractivity contribution is 6.34. The van der Waals surface area contributed by atoms with Gasteiger partial charge in [-0.1, -0.05) is 23.7 Å². The second-order valence-corrected chi connectivity index (χ2v) is 6.54. The number of aromatic nitrogens is 4. The van der Waals surface area contributed by atoms with E-state index in [-0.39, 0.29) is 23.7 Å². The number of hydrogen-bond acceptors (Lipinski definition) is 5. The molecule has 27 heavy (non-hydrogen) atoms. The van der Waals surface area contributed by atoms with Gasteiger partial charge in [0.1, 0.15) is 0 Å². The minimum absolute atomic E-state index is 0.0259. The molecule has 0 atom stereocenters. The lowest BCUT2D eigenvalue weighted by molar-refractivity contribution is 0.0939. The molecule has 0 radical (unpaired) electrons. The molecule has 2 aromatic carbocycles. The highest BCUT2D eigenvalue weighted by atomic mass is 35.5. The summed E-state index contributed by atoms with van der Waals surface area (Å²) in [6.45, 7) is 0. The topological polar surface area (TPSA) is 102 Å². The number of hydrogen-bond donors (Lipinski definition) is 2. The number of rotatable bonds is 5. The van der Waals surface area contributed by atoms with E-state index in [9.17, 15) is 9.59 Å². The average Bonchev–Trinajstić information content (AvgIpc) is 3.34. The van der Waals surface area contributed by atoms with Gasteiger partial charge in [0.05, 0.1) is 16.3 Å². The fourth-order valence-electron chi connectivity index (χ4n) is 2.41. The lowest BCUT2D eigenvalue weighted by Gasteiger charge is -2.07. The molecule has 1 heterocycles. The van der Waals surface area contributed by atoms with Crippen molar-refractivity contribution in [2.75, 3.05) is 5.32 Å². The SMILES string of the molecule is O=C(NC1CC1)c1nnn(-c2ccc(NC(=O)c3ccccc3Cl)cc2)n1. The van der Waals surface area contributed by atoms with E-state index in [1.54, 1.807) is 48.5 Å². The minimum atomic E-state index is -0.327. The lowest BCUT2D eigenvalue weighted by atomic mass is 10.2. The quantitative estimate of drug-likeness (QED) is 0.705. The normalized spacial score (nSPS) is 13.2. The van der Waals surface area contributed by atoms with Crippen LogP contribution in [-0.2, 0) is 0 Å². The molecule has 4 rings (SSSR count). The Kier molecular flexibility index (Phi) is 4.55. The van der Waals surface area contributed by atoms with Gasteiger partial charge in [-0.25, -0.2) is 0 Å². The summed E-state index contributed by atoms with van der Waals surface area (Å²) in [6, 6.07) is 13.9. The van der Waals surface area contributed by atoms with Crippen molar-refractivity contribution in [1.29, 1.82) is 0 Å². The Hall–Kier alpha value is -3.26. The molecule has 2 N–H and O–H groups in total. The number of benzene rings is 2. The van der Waals surface area contributed by atoms with Gasteiger partial charge in [-0.05, 0) is 54.5 Å². The first-order chi connectivity index (χ1) is 13.1. The van der Waals surface area contributed by atoms with Crippen LogP contribution >= 0.6 is 11.6 Å². The second kappa shape index (κ2) is 7.16. The first-order valence-electron chi connectivity index (χ1n) is 8.37. The van der Waals surface area contributed by atoms with Gasteiger partial charge in [0.2, 0.25) is 0 Å². The van der Waals surface area contributed by atoms with Crippen LogP contribution in [0.2, 0.25) is 5.02 Å². The Morgan fingerprint density at radius 3 is 2.48 bits per heavy atom. The first kappa shape index (κ1) is 17.2. The summed E-state index contributed by atoms with van der Waals surface area (Å²) in [5.41, 5.74) is 1.60. The molecule has 0 aliphatic heterocycles. The minimum Gasteiger partial charge on any atom is -0.346 e. The molecule has 0 saturated heterocycles. The van der Waals surface area contributed by atoms with E-state index < -0.39 is 0 Å². The molecule has 3 aromatic rings. The molecule has 0 bridgehead atoms. The van der Waals surface area contributed by atoms with Crippen molar-refractivity contribution in [2.24, 2.45) is 0 Å². The van der Waals surface area contributed by atoms with Crippen molar-refractivity contribution in [2.45, 2.75) is 18.9 Å². The molecule has 0 spiro atoms. The van der Waals surface area contributed by atoms with E-state index in [4.69, 9.17) is 11.6 Å². The van der Waals surface area contributed by atoms with Crippen molar-refractivity contribution in [1.82, 2.24) is 25.5 Å². The van der Waals surface area contributed by atoms with E-state index in [1.165, 1.54) is 4.80 Å². The van der Waals surface area contributed by atoms with Crippen molar-refractivity contribution in [3.8, 4) is 5.69 Å². The summed E-state index contributed by atoms with van der Waals surface area (Å²) in [4.78, 5) is 25.5. The Balaban J connectivity index is 1.44. The standard InChI is InChI=1S/C18H15ClN6O2/c19-15-4-2-1-3-14(15)17(26)20-12-7-9-13(10-8-12)25-23-16(22-24-25)18(27)21-11-5-6-11/h1-4,7-11H,5-6H2,(H,20,26)(H,21,27). The number of tetrazole rings is 1. The predicted molar refractivity (Wildman–Crippen MR) is 99.0 cm³/mol. The van der Waals surface area contributed by atoms with Crippen LogP contribution < -0.4 is 10.6 Å². The van der Waals surface area contributed by atoms with Gasteiger partial charge in [0.15, 0.2) is 0 Å². The fourth-order valence-corrected chi connectivity index (χ4v) is 2.64. The molecule has 8 nitrogen and oxygen atoms in total.